The van der Waals surface area contributed by atoms with Crippen molar-refractivity contribution in [2.24, 2.45) is 5.73 Å². The molecule has 2 heterocycles. The third-order valence-electron chi connectivity index (χ3n) is 2.22. The van der Waals surface area contributed by atoms with Crippen LogP contribution in [0.25, 0.3) is 0 Å². The Morgan fingerprint density at radius 2 is 2.35 bits per heavy atom. The summed E-state index contributed by atoms with van der Waals surface area (Å²) in [5, 5.41) is 11.3. The highest BCUT2D eigenvalue weighted by Gasteiger charge is 2.09. The number of rotatable bonds is 5. The van der Waals surface area contributed by atoms with Crippen LogP contribution < -0.4 is 5.73 Å². The van der Waals surface area contributed by atoms with Gasteiger partial charge >= 0.3 is 0 Å². The summed E-state index contributed by atoms with van der Waals surface area (Å²) in [5.74, 6) is 1.84. The first kappa shape index (κ1) is 13.1. The largest absolute Gasteiger partial charge is 0.329 e. The fourth-order valence-corrected chi connectivity index (χ4v) is 3.94. The number of hydrogen-bond acceptors (Lipinski definition) is 5. The van der Waals surface area contributed by atoms with Gasteiger partial charge in [0.1, 0.15) is 5.82 Å². The van der Waals surface area contributed by atoms with E-state index in [1.807, 2.05) is 6.92 Å². The first-order valence-electron chi connectivity index (χ1n) is 5.16. The molecule has 0 saturated heterocycles. The van der Waals surface area contributed by atoms with Crippen LogP contribution in [0.2, 0.25) is 0 Å². The summed E-state index contributed by atoms with van der Waals surface area (Å²) >= 11 is 6.90. The van der Waals surface area contributed by atoms with E-state index in [1.165, 1.54) is 4.88 Å². The molecule has 0 unspecified atom stereocenters. The van der Waals surface area contributed by atoms with Gasteiger partial charge in [-0.05, 0) is 28.9 Å². The van der Waals surface area contributed by atoms with Crippen molar-refractivity contribution < 1.29 is 0 Å². The van der Waals surface area contributed by atoms with Crippen molar-refractivity contribution in [3.63, 3.8) is 0 Å². The van der Waals surface area contributed by atoms with Gasteiger partial charge in [0.25, 0.3) is 0 Å². The standard InChI is InChI=1S/C10H13BrN4S2/c1-7-13-14-10(15(7)3-2-12)17-6-9-4-8(11)5-16-9/h4-5H,2-3,6,12H2,1H3. The first-order chi connectivity index (χ1) is 8.20. The van der Waals surface area contributed by atoms with Crippen molar-refractivity contribution in [3.05, 3.63) is 26.6 Å². The van der Waals surface area contributed by atoms with Crippen molar-refractivity contribution in [3.8, 4) is 0 Å². The lowest BCUT2D eigenvalue weighted by Crippen LogP contribution is -2.12. The highest BCUT2D eigenvalue weighted by atomic mass is 79.9. The van der Waals surface area contributed by atoms with Crippen LogP contribution in [0.1, 0.15) is 10.7 Å². The molecule has 17 heavy (non-hydrogen) atoms. The van der Waals surface area contributed by atoms with E-state index in [0.717, 1.165) is 27.8 Å². The molecule has 92 valence electrons. The first-order valence-corrected chi connectivity index (χ1v) is 7.82. The van der Waals surface area contributed by atoms with Crippen molar-refractivity contribution in [2.75, 3.05) is 6.54 Å². The normalized spacial score (nSPS) is 11.0. The lowest BCUT2D eigenvalue weighted by molar-refractivity contribution is 0.627. The van der Waals surface area contributed by atoms with Crippen LogP contribution in [0, 0.1) is 6.92 Å². The Kier molecular flexibility index (Phi) is 4.61. The molecule has 0 saturated carbocycles. The van der Waals surface area contributed by atoms with Gasteiger partial charge in [0.05, 0.1) is 0 Å². The number of nitrogens with zero attached hydrogens (tertiary/aromatic N) is 3. The summed E-state index contributed by atoms with van der Waals surface area (Å²) in [6.45, 7) is 3.33. The maximum absolute atomic E-state index is 5.58. The predicted octanol–water partition coefficient (Wildman–Crippen LogP) is 2.66. The second kappa shape index (κ2) is 5.99. The number of hydrogen-bond donors (Lipinski definition) is 1. The SMILES string of the molecule is Cc1nnc(SCc2cc(Br)cs2)n1CCN. The maximum atomic E-state index is 5.58. The average Bonchev–Trinajstić information content (AvgIpc) is 2.86. The van der Waals surface area contributed by atoms with Crippen LogP contribution in [0.15, 0.2) is 21.1 Å². The minimum Gasteiger partial charge on any atom is -0.329 e. The molecule has 0 fully saturated rings. The van der Waals surface area contributed by atoms with Gasteiger partial charge in [-0.3, -0.25) is 0 Å². The van der Waals surface area contributed by atoms with Crippen molar-refractivity contribution in [1.29, 1.82) is 0 Å². The van der Waals surface area contributed by atoms with E-state index < -0.39 is 0 Å². The van der Waals surface area contributed by atoms with Crippen molar-refractivity contribution in [1.82, 2.24) is 14.8 Å². The highest BCUT2D eigenvalue weighted by molar-refractivity contribution is 9.10. The summed E-state index contributed by atoms with van der Waals surface area (Å²) in [4.78, 5) is 1.32. The molecular weight excluding hydrogens is 320 g/mol. The molecule has 2 aromatic heterocycles. The number of thioether (sulfide) groups is 1. The topological polar surface area (TPSA) is 56.7 Å². The minimum absolute atomic E-state index is 0.608. The smallest absolute Gasteiger partial charge is 0.191 e. The van der Waals surface area contributed by atoms with Gasteiger partial charge in [-0.15, -0.1) is 21.5 Å². The second-order valence-corrected chi connectivity index (χ2v) is 6.34. The molecular formula is C10H13BrN4S2. The van der Waals surface area contributed by atoms with E-state index in [2.05, 4.69) is 42.1 Å². The molecule has 0 aliphatic carbocycles. The quantitative estimate of drug-likeness (QED) is 0.855. The van der Waals surface area contributed by atoms with Gasteiger partial charge in [-0.1, -0.05) is 11.8 Å². The summed E-state index contributed by atoms with van der Waals surface area (Å²) in [5.41, 5.74) is 5.58. The van der Waals surface area contributed by atoms with Crippen LogP contribution in [0.5, 0.6) is 0 Å². The summed E-state index contributed by atoms with van der Waals surface area (Å²) < 4.78 is 3.20. The van der Waals surface area contributed by atoms with Gasteiger partial charge in [-0.2, -0.15) is 0 Å². The predicted molar refractivity (Wildman–Crippen MR) is 75.4 cm³/mol. The molecule has 0 amide bonds. The van der Waals surface area contributed by atoms with E-state index in [-0.39, 0.29) is 0 Å². The lowest BCUT2D eigenvalue weighted by Gasteiger charge is -2.05. The summed E-state index contributed by atoms with van der Waals surface area (Å²) in [7, 11) is 0. The van der Waals surface area contributed by atoms with Crippen LogP contribution in [0.4, 0.5) is 0 Å². The molecule has 2 N–H and O–H groups in total. The number of nitrogens with two attached hydrogens (primary N) is 1. The Morgan fingerprint density at radius 1 is 1.53 bits per heavy atom. The van der Waals surface area contributed by atoms with Gasteiger partial charge in [0, 0.05) is 33.6 Å². The molecule has 0 radical (unpaired) electrons. The zero-order valence-corrected chi connectivity index (χ0v) is 12.6. The molecule has 0 atom stereocenters. The number of aromatic nitrogens is 3. The second-order valence-electron chi connectivity index (χ2n) is 3.49. The average molecular weight is 333 g/mol. The monoisotopic (exact) mass is 332 g/mol. The lowest BCUT2D eigenvalue weighted by atomic mass is 10.5. The van der Waals surface area contributed by atoms with Gasteiger partial charge < -0.3 is 10.3 Å². The third kappa shape index (κ3) is 3.31. The molecule has 0 aliphatic heterocycles. The van der Waals surface area contributed by atoms with Crippen LogP contribution in [0.3, 0.4) is 0 Å². The molecule has 0 spiro atoms. The Bertz CT molecular complexity index is 494. The zero-order valence-electron chi connectivity index (χ0n) is 9.39. The van der Waals surface area contributed by atoms with Crippen LogP contribution >= 0.6 is 39.0 Å². The third-order valence-corrected chi connectivity index (χ3v) is 5.12. The number of aryl methyl sites for hydroxylation is 1. The van der Waals surface area contributed by atoms with Crippen molar-refractivity contribution >= 4 is 39.0 Å². The number of halogens is 1. The molecule has 2 aromatic rings. The van der Waals surface area contributed by atoms with E-state index >= 15 is 0 Å². The summed E-state index contributed by atoms with van der Waals surface area (Å²) in [6.07, 6.45) is 0. The van der Waals surface area contributed by atoms with Gasteiger partial charge in [0.15, 0.2) is 5.16 Å². The molecule has 2 rings (SSSR count). The molecule has 0 aliphatic rings. The van der Waals surface area contributed by atoms with E-state index in [0.29, 0.717) is 6.54 Å². The molecule has 0 aromatic carbocycles. The molecule has 4 nitrogen and oxygen atoms in total. The Labute approximate surface area is 117 Å². The maximum Gasteiger partial charge on any atom is 0.191 e. The van der Waals surface area contributed by atoms with E-state index in [4.69, 9.17) is 5.73 Å². The van der Waals surface area contributed by atoms with Crippen molar-refractivity contribution in [2.45, 2.75) is 24.4 Å². The Morgan fingerprint density at radius 3 is 3.00 bits per heavy atom. The zero-order chi connectivity index (χ0) is 12.3. The summed E-state index contributed by atoms with van der Waals surface area (Å²) in [6, 6.07) is 2.13. The van der Waals surface area contributed by atoms with Crippen LogP contribution in [-0.4, -0.2) is 21.3 Å². The highest BCUT2D eigenvalue weighted by Crippen LogP contribution is 2.27. The Balaban J connectivity index is 2.03. The van der Waals surface area contributed by atoms with E-state index in [9.17, 15) is 0 Å². The molecule has 7 heteroatoms. The number of thiophene rings is 1. The molecule has 0 bridgehead atoms. The van der Waals surface area contributed by atoms with Gasteiger partial charge in [-0.25, -0.2) is 0 Å². The fraction of sp³-hybridized carbons (Fsp3) is 0.400. The Hall–Kier alpha value is -0.370. The van der Waals surface area contributed by atoms with Gasteiger partial charge in [0.2, 0.25) is 0 Å². The van der Waals surface area contributed by atoms with E-state index in [1.54, 1.807) is 23.1 Å². The van der Waals surface area contributed by atoms with Crippen LogP contribution in [-0.2, 0) is 12.3 Å². The fourth-order valence-electron chi connectivity index (χ4n) is 1.42. The minimum atomic E-state index is 0.608.